The third-order valence-corrected chi connectivity index (χ3v) is 3.19. The minimum atomic E-state index is -0.872. The van der Waals surface area contributed by atoms with Crippen LogP contribution in [-0.4, -0.2) is 17.0 Å². The fourth-order valence-corrected chi connectivity index (χ4v) is 2.28. The number of anilines is 1. The normalized spacial score (nSPS) is 10.6. The Balaban J connectivity index is 2.70. The van der Waals surface area contributed by atoms with E-state index in [4.69, 9.17) is 5.11 Å². The number of carbonyl (C=O) groups excluding carboxylic acids is 1. The van der Waals surface area contributed by atoms with Crippen molar-refractivity contribution in [1.82, 2.24) is 0 Å². The Morgan fingerprint density at radius 2 is 1.85 bits per heavy atom. The number of nitrogens with one attached hydrogen (secondary N) is 1. The van der Waals surface area contributed by atoms with Crippen LogP contribution in [0.5, 0.6) is 0 Å². The van der Waals surface area contributed by atoms with E-state index in [0.29, 0.717) is 11.3 Å². The number of carboxylic acid groups (broad SMARTS) is 1. The predicted octanol–water partition coefficient (Wildman–Crippen LogP) is 3.47. The van der Waals surface area contributed by atoms with Crippen LogP contribution in [-0.2, 0) is 16.0 Å². The lowest BCUT2D eigenvalue weighted by Gasteiger charge is -2.15. The van der Waals surface area contributed by atoms with E-state index in [0.717, 1.165) is 25.7 Å². The topological polar surface area (TPSA) is 66.4 Å². The molecule has 0 saturated heterocycles. The maximum atomic E-state index is 12.2. The first-order valence-electron chi connectivity index (χ1n) is 7.18. The van der Waals surface area contributed by atoms with Crippen molar-refractivity contribution >= 4 is 17.6 Å². The molecule has 1 aromatic rings. The number of benzene rings is 1. The molecule has 0 radical (unpaired) electrons. The average molecular weight is 277 g/mol. The summed E-state index contributed by atoms with van der Waals surface area (Å²) in [6.07, 6.45) is 3.70. The van der Waals surface area contributed by atoms with Gasteiger partial charge in [-0.15, -0.1) is 0 Å². The predicted molar refractivity (Wildman–Crippen MR) is 79.7 cm³/mol. The molecule has 0 aromatic heterocycles. The van der Waals surface area contributed by atoms with Crippen LogP contribution in [0.4, 0.5) is 5.69 Å². The lowest BCUT2D eigenvalue weighted by molar-refractivity contribution is -0.136. The van der Waals surface area contributed by atoms with Crippen molar-refractivity contribution in [3.63, 3.8) is 0 Å². The van der Waals surface area contributed by atoms with E-state index in [2.05, 4.69) is 19.2 Å². The Labute approximate surface area is 120 Å². The Kier molecular flexibility index (Phi) is 6.77. The van der Waals surface area contributed by atoms with E-state index >= 15 is 0 Å². The van der Waals surface area contributed by atoms with E-state index in [9.17, 15) is 9.59 Å². The molecule has 0 fully saturated rings. The quantitative estimate of drug-likeness (QED) is 0.764. The molecule has 4 nitrogen and oxygen atoms in total. The second kappa shape index (κ2) is 8.35. The molecule has 1 amide bonds. The van der Waals surface area contributed by atoms with Crippen molar-refractivity contribution in [2.24, 2.45) is 5.92 Å². The number of carbonyl (C=O) groups is 2. The summed E-state index contributed by atoms with van der Waals surface area (Å²) < 4.78 is 0. The van der Waals surface area contributed by atoms with Crippen molar-refractivity contribution in [2.75, 3.05) is 5.32 Å². The van der Waals surface area contributed by atoms with E-state index < -0.39 is 5.97 Å². The molecule has 1 aromatic carbocycles. The summed E-state index contributed by atoms with van der Waals surface area (Å²) in [6, 6.07) is 7.03. The molecule has 2 N–H and O–H groups in total. The fraction of sp³-hybridized carbons (Fsp3) is 0.500. The molecule has 0 aliphatic rings. The summed E-state index contributed by atoms with van der Waals surface area (Å²) >= 11 is 0. The van der Waals surface area contributed by atoms with E-state index in [1.807, 2.05) is 0 Å². The average Bonchev–Trinajstić information content (AvgIpc) is 2.38. The number of carboxylic acids is 1. The number of aliphatic carboxylic acids is 1. The van der Waals surface area contributed by atoms with Gasteiger partial charge < -0.3 is 10.4 Å². The van der Waals surface area contributed by atoms with Crippen molar-refractivity contribution in [1.29, 1.82) is 0 Å². The molecule has 0 unspecified atom stereocenters. The summed E-state index contributed by atoms with van der Waals surface area (Å²) in [4.78, 5) is 22.9. The molecule has 0 atom stereocenters. The van der Waals surface area contributed by atoms with Crippen LogP contribution in [0.1, 0.15) is 45.1 Å². The SMILES string of the molecule is CCCC(CCC)C(=O)Nc1cccc(CC(=O)O)c1. The molecule has 4 heteroatoms. The van der Waals surface area contributed by atoms with Crippen molar-refractivity contribution < 1.29 is 14.7 Å². The minimum Gasteiger partial charge on any atom is -0.481 e. The van der Waals surface area contributed by atoms with Gasteiger partial charge in [0.25, 0.3) is 0 Å². The molecule has 0 heterocycles. The first kappa shape index (κ1) is 16.2. The van der Waals surface area contributed by atoms with E-state index in [1.165, 1.54) is 0 Å². The van der Waals surface area contributed by atoms with Gasteiger partial charge in [0.15, 0.2) is 0 Å². The van der Waals surface area contributed by atoms with Crippen molar-refractivity contribution in [3.05, 3.63) is 29.8 Å². The molecule has 0 saturated carbocycles. The standard InChI is InChI=1S/C16H23NO3/c1-3-6-13(7-4-2)16(20)17-14-9-5-8-12(10-14)11-15(18)19/h5,8-10,13H,3-4,6-7,11H2,1-2H3,(H,17,20)(H,18,19). The molecule has 20 heavy (non-hydrogen) atoms. The van der Waals surface area contributed by atoms with Gasteiger partial charge in [-0.25, -0.2) is 0 Å². The van der Waals surface area contributed by atoms with Crippen LogP contribution in [0.3, 0.4) is 0 Å². The number of rotatable bonds is 8. The van der Waals surface area contributed by atoms with Crippen LogP contribution in [0.15, 0.2) is 24.3 Å². The molecule has 0 spiro atoms. The fourth-order valence-electron chi connectivity index (χ4n) is 2.28. The number of amides is 1. The first-order valence-corrected chi connectivity index (χ1v) is 7.18. The van der Waals surface area contributed by atoms with Crippen molar-refractivity contribution in [3.8, 4) is 0 Å². The smallest absolute Gasteiger partial charge is 0.307 e. The Morgan fingerprint density at radius 3 is 2.40 bits per heavy atom. The number of hydrogen-bond acceptors (Lipinski definition) is 2. The van der Waals surface area contributed by atoms with Gasteiger partial charge in [0.1, 0.15) is 0 Å². The zero-order valence-corrected chi connectivity index (χ0v) is 12.2. The third kappa shape index (κ3) is 5.43. The highest BCUT2D eigenvalue weighted by atomic mass is 16.4. The Bertz CT molecular complexity index is 451. The second-order valence-corrected chi connectivity index (χ2v) is 5.03. The van der Waals surface area contributed by atoms with Crippen LogP contribution < -0.4 is 5.32 Å². The lowest BCUT2D eigenvalue weighted by Crippen LogP contribution is -2.22. The van der Waals surface area contributed by atoms with Crippen LogP contribution in [0.25, 0.3) is 0 Å². The Morgan fingerprint density at radius 1 is 1.20 bits per heavy atom. The van der Waals surface area contributed by atoms with Gasteiger partial charge in [-0.1, -0.05) is 38.8 Å². The molecule has 0 aliphatic carbocycles. The third-order valence-electron chi connectivity index (χ3n) is 3.19. The van der Waals surface area contributed by atoms with Gasteiger partial charge in [-0.2, -0.15) is 0 Å². The highest BCUT2D eigenvalue weighted by Gasteiger charge is 2.16. The lowest BCUT2D eigenvalue weighted by atomic mass is 9.97. The van der Waals surface area contributed by atoms with E-state index in [1.54, 1.807) is 24.3 Å². The summed E-state index contributed by atoms with van der Waals surface area (Å²) in [5.74, 6) is -0.808. The summed E-state index contributed by atoms with van der Waals surface area (Å²) in [7, 11) is 0. The van der Waals surface area contributed by atoms with Gasteiger partial charge in [-0.3, -0.25) is 9.59 Å². The summed E-state index contributed by atoms with van der Waals surface area (Å²) in [5, 5.41) is 11.7. The zero-order valence-electron chi connectivity index (χ0n) is 12.2. The highest BCUT2D eigenvalue weighted by Crippen LogP contribution is 2.18. The molecule has 0 aliphatic heterocycles. The van der Waals surface area contributed by atoms with Gasteiger partial charge in [-0.05, 0) is 30.5 Å². The highest BCUT2D eigenvalue weighted by molar-refractivity contribution is 5.92. The van der Waals surface area contributed by atoms with Crippen molar-refractivity contribution in [2.45, 2.75) is 46.0 Å². The zero-order chi connectivity index (χ0) is 15.0. The molecule has 110 valence electrons. The van der Waals surface area contributed by atoms with Crippen LogP contribution in [0.2, 0.25) is 0 Å². The van der Waals surface area contributed by atoms with Gasteiger partial charge >= 0.3 is 5.97 Å². The van der Waals surface area contributed by atoms with Crippen LogP contribution in [0, 0.1) is 5.92 Å². The Hall–Kier alpha value is -1.84. The van der Waals surface area contributed by atoms with Gasteiger partial charge in [0.2, 0.25) is 5.91 Å². The molecule has 1 rings (SSSR count). The van der Waals surface area contributed by atoms with Gasteiger partial charge in [0.05, 0.1) is 6.42 Å². The maximum Gasteiger partial charge on any atom is 0.307 e. The van der Waals surface area contributed by atoms with Crippen LogP contribution >= 0.6 is 0 Å². The van der Waals surface area contributed by atoms with E-state index in [-0.39, 0.29) is 18.2 Å². The second-order valence-electron chi connectivity index (χ2n) is 5.03. The monoisotopic (exact) mass is 277 g/mol. The first-order chi connectivity index (χ1) is 9.56. The summed E-state index contributed by atoms with van der Waals surface area (Å²) in [6.45, 7) is 4.15. The molecular formula is C16H23NO3. The maximum absolute atomic E-state index is 12.2. The summed E-state index contributed by atoms with van der Waals surface area (Å²) in [5.41, 5.74) is 1.36. The minimum absolute atomic E-state index is 0.0289. The largest absolute Gasteiger partial charge is 0.481 e. The number of hydrogen-bond donors (Lipinski definition) is 2. The van der Waals surface area contributed by atoms with Gasteiger partial charge in [0, 0.05) is 11.6 Å². The molecular weight excluding hydrogens is 254 g/mol. The molecule has 0 bridgehead atoms.